The van der Waals surface area contributed by atoms with Crippen LogP contribution in [0.3, 0.4) is 0 Å². The Morgan fingerprint density at radius 1 is 1.12 bits per heavy atom. The lowest BCUT2D eigenvalue weighted by Gasteiger charge is -2.39. The van der Waals surface area contributed by atoms with E-state index < -0.39 is 16.1 Å². The minimum Gasteiger partial charge on any atom is -0.381 e. The van der Waals surface area contributed by atoms with E-state index in [0.717, 1.165) is 29.0 Å². The predicted octanol–water partition coefficient (Wildman–Crippen LogP) is 4.40. The third kappa shape index (κ3) is 5.76. The second-order valence-electron chi connectivity index (χ2n) is 8.09. The van der Waals surface area contributed by atoms with Gasteiger partial charge in [0.05, 0.1) is 11.9 Å². The van der Waals surface area contributed by atoms with Crippen LogP contribution >= 0.6 is 23.2 Å². The minimum atomic E-state index is -3.78. The number of carbonyl (C=O) groups is 1. The van der Waals surface area contributed by atoms with E-state index in [1.54, 1.807) is 6.92 Å². The average molecular weight is 499 g/mol. The molecule has 1 fully saturated rings. The maximum Gasteiger partial charge on any atom is 0.243 e. The van der Waals surface area contributed by atoms with E-state index >= 15 is 0 Å². The highest BCUT2D eigenvalue weighted by Gasteiger charge is 2.37. The molecule has 6 nitrogen and oxygen atoms in total. The molecule has 0 radical (unpaired) electrons. The molecule has 1 amide bonds. The summed E-state index contributed by atoms with van der Waals surface area (Å²) in [5.74, 6) is -0.365. The number of ether oxygens (including phenoxy) is 1. The highest BCUT2D eigenvalue weighted by molar-refractivity contribution is 7.92. The summed E-state index contributed by atoms with van der Waals surface area (Å²) < 4.78 is 32.0. The number of benzene rings is 2. The summed E-state index contributed by atoms with van der Waals surface area (Å²) in [6.07, 6.45) is 2.90. The van der Waals surface area contributed by atoms with E-state index in [-0.39, 0.29) is 23.4 Å². The van der Waals surface area contributed by atoms with E-state index in [4.69, 9.17) is 27.9 Å². The van der Waals surface area contributed by atoms with Gasteiger partial charge in [-0.15, -0.1) is 0 Å². The van der Waals surface area contributed by atoms with Crippen molar-refractivity contribution in [1.29, 1.82) is 0 Å². The third-order valence-electron chi connectivity index (χ3n) is 5.87. The van der Waals surface area contributed by atoms with Crippen LogP contribution in [0.1, 0.15) is 31.7 Å². The maximum absolute atomic E-state index is 13.3. The number of carbonyl (C=O) groups excluding carboxylic acids is 1. The molecule has 9 heteroatoms. The van der Waals surface area contributed by atoms with Crippen LogP contribution in [0.4, 0.5) is 5.69 Å². The molecule has 1 aliphatic heterocycles. The van der Waals surface area contributed by atoms with Crippen molar-refractivity contribution in [3.8, 4) is 0 Å². The number of hydrogen-bond acceptors (Lipinski definition) is 4. The number of nitrogens with zero attached hydrogens (tertiary/aromatic N) is 1. The summed E-state index contributed by atoms with van der Waals surface area (Å²) in [6, 6.07) is 13.6. The zero-order valence-corrected chi connectivity index (χ0v) is 20.5. The first-order valence-electron chi connectivity index (χ1n) is 10.5. The monoisotopic (exact) mass is 498 g/mol. The van der Waals surface area contributed by atoms with Gasteiger partial charge in [-0.25, -0.2) is 8.42 Å². The van der Waals surface area contributed by atoms with E-state index in [1.807, 2.05) is 18.2 Å². The zero-order valence-electron chi connectivity index (χ0n) is 18.2. The fourth-order valence-electron chi connectivity index (χ4n) is 4.22. The van der Waals surface area contributed by atoms with E-state index in [1.165, 1.54) is 18.2 Å². The van der Waals surface area contributed by atoms with Crippen LogP contribution in [0.5, 0.6) is 0 Å². The summed E-state index contributed by atoms with van der Waals surface area (Å²) >= 11 is 12.2. The first-order valence-corrected chi connectivity index (χ1v) is 13.1. The van der Waals surface area contributed by atoms with Crippen molar-refractivity contribution < 1.29 is 17.9 Å². The van der Waals surface area contributed by atoms with Crippen molar-refractivity contribution in [3.05, 3.63) is 64.1 Å². The van der Waals surface area contributed by atoms with Crippen molar-refractivity contribution in [3.63, 3.8) is 0 Å². The number of rotatable bonds is 8. The van der Waals surface area contributed by atoms with E-state index in [0.29, 0.717) is 29.8 Å². The lowest BCUT2D eigenvalue weighted by atomic mass is 9.74. The highest BCUT2D eigenvalue weighted by Crippen LogP contribution is 2.34. The van der Waals surface area contributed by atoms with E-state index in [2.05, 4.69) is 17.4 Å². The van der Waals surface area contributed by atoms with Gasteiger partial charge in [-0.3, -0.25) is 9.10 Å². The SMILES string of the molecule is CC[C@@H](C(=O)NCC1(c2ccccc2)CCOCC1)N(c1cc(Cl)cc(Cl)c1)S(C)(=O)=O. The first-order chi connectivity index (χ1) is 15.2. The lowest BCUT2D eigenvalue weighted by molar-refractivity contribution is -0.122. The fraction of sp³-hybridized carbons (Fsp3) is 0.435. The molecule has 1 aliphatic rings. The molecule has 0 spiro atoms. The molecule has 0 aliphatic carbocycles. The van der Waals surface area contributed by atoms with Crippen LogP contribution in [0.15, 0.2) is 48.5 Å². The van der Waals surface area contributed by atoms with Crippen LogP contribution in [0, 0.1) is 0 Å². The molecule has 0 saturated carbocycles. The van der Waals surface area contributed by atoms with Crippen LogP contribution in [0.2, 0.25) is 10.0 Å². The summed E-state index contributed by atoms with van der Waals surface area (Å²) in [5, 5.41) is 3.61. The molecule has 1 atom stereocenters. The van der Waals surface area contributed by atoms with Crippen LogP contribution in [0.25, 0.3) is 0 Å². The largest absolute Gasteiger partial charge is 0.381 e. The number of nitrogens with one attached hydrogen (secondary N) is 1. The summed E-state index contributed by atoms with van der Waals surface area (Å²) in [7, 11) is -3.78. The molecule has 1 saturated heterocycles. The van der Waals surface area contributed by atoms with Crippen molar-refractivity contribution in [2.75, 3.05) is 30.3 Å². The van der Waals surface area contributed by atoms with Gasteiger partial charge in [0.1, 0.15) is 6.04 Å². The standard InChI is InChI=1S/C23H28Cl2N2O4S/c1-3-21(27(32(2,29)30)20-14-18(24)13-19(25)15-20)22(28)26-16-23(9-11-31-12-10-23)17-7-5-4-6-8-17/h4-8,13-15,21H,3,9-12,16H2,1-2H3,(H,26,28)/t21-/m0/s1. The van der Waals surface area contributed by atoms with Gasteiger partial charge in [-0.2, -0.15) is 0 Å². The number of anilines is 1. The molecule has 2 aromatic rings. The molecule has 0 aromatic heterocycles. The maximum atomic E-state index is 13.3. The minimum absolute atomic E-state index is 0.260. The van der Waals surface area contributed by atoms with Crippen molar-refractivity contribution in [2.45, 2.75) is 37.6 Å². The predicted molar refractivity (Wildman–Crippen MR) is 129 cm³/mol. The quantitative estimate of drug-likeness (QED) is 0.584. The Balaban J connectivity index is 1.87. The van der Waals surface area contributed by atoms with Crippen LogP contribution in [-0.2, 0) is 25.0 Å². The Hall–Kier alpha value is -1.80. The van der Waals surface area contributed by atoms with Gasteiger partial charge in [-0.1, -0.05) is 60.5 Å². The van der Waals surface area contributed by atoms with Crippen molar-refractivity contribution >= 4 is 44.8 Å². The second kappa shape index (κ2) is 10.4. The topological polar surface area (TPSA) is 75.7 Å². The van der Waals surface area contributed by atoms with Crippen molar-refractivity contribution in [1.82, 2.24) is 5.32 Å². The van der Waals surface area contributed by atoms with Gasteiger partial charge in [0.25, 0.3) is 0 Å². The molecule has 32 heavy (non-hydrogen) atoms. The van der Waals surface area contributed by atoms with Gasteiger partial charge < -0.3 is 10.1 Å². The summed E-state index contributed by atoms with van der Waals surface area (Å²) in [4.78, 5) is 13.3. The molecular formula is C23H28Cl2N2O4S. The van der Waals surface area contributed by atoms with Gasteiger partial charge in [-0.05, 0) is 43.0 Å². The summed E-state index contributed by atoms with van der Waals surface area (Å²) in [6.45, 7) is 3.39. The van der Waals surface area contributed by atoms with Gasteiger partial charge >= 0.3 is 0 Å². The Bertz CT molecular complexity index is 1020. The molecule has 2 aromatic carbocycles. The van der Waals surface area contributed by atoms with Gasteiger partial charge in [0.2, 0.25) is 15.9 Å². The number of halogens is 2. The normalized spacial score (nSPS) is 16.9. The number of hydrogen-bond donors (Lipinski definition) is 1. The Kier molecular flexibility index (Phi) is 8.09. The molecule has 174 valence electrons. The zero-order chi connectivity index (χ0) is 23.4. The molecule has 1 heterocycles. The lowest BCUT2D eigenvalue weighted by Crippen LogP contribution is -2.52. The van der Waals surface area contributed by atoms with Crippen molar-refractivity contribution in [2.24, 2.45) is 0 Å². The summed E-state index contributed by atoms with van der Waals surface area (Å²) in [5.41, 5.74) is 1.14. The van der Waals surface area contributed by atoms with Gasteiger partial charge in [0, 0.05) is 35.2 Å². The average Bonchev–Trinajstić information content (AvgIpc) is 2.75. The molecular weight excluding hydrogens is 471 g/mol. The first kappa shape index (κ1) is 24.8. The van der Waals surface area contributed by atoms with E-state index in [9.17, 15) is 13.2 Å². The van der Waals surface area contributed by atoms with Crippen LogP contribution in [-0.4, -0.2) is 46.4 Å². The smallest absolute Gasteiger partial charge is 0.243 e. The number of sulfonamides is 1. The highest BCUT2D eigenvalue weighted by atomic mass is 35.5. The Labute approximate surface area is 199 Å². The Morgan fingerprint density at radius 3 is 2.25 bits per heavy atom. The number of amides is 1. The van der Waals surface area contributed by atoms with Gasteiger partial charge in [0.15, 0.2) is 0 Å². The molecule has 1 N–H and O–H groups in total. The van der Waals surface area contributed by atoms with Crippen LogP contribution < -0.4 is 9.62 Å². The molecule has 3 rings (SSSR count). The third-order valence-corrected chi connectivity index (χ3v) is 7.48. The fourth-order valence-corrected chi connectivity index (χ4v) is 5.93. The molecule has 0 bridgehead atoms. The Morgan fingerprint density at radius 2 is 1.72 bits per heavy atom. The molecule has 0 unspecified atom stereocenters. The second-order valence-corrected chi connectivity index (χ2v) is 10.8.